The van der Waals surface area contributed by atoms with E-state index in [1.165, 1.54) is 6.42 Å². The number of carbonyl (C=O) groups is 3. The quantitative estimate of drug-likeness (QED) is 0.241. The van der Waals surface area contributed by atoms with Gasteiger partial charge in [-0.3, -0.25) is 14.4 Å². The number of unbranched alkanes of at least 4 members (excludes halogenated alkanes) is 3. The number of fused-ring (bicyclic) bond motifs is 1. The van der Waals surface area contributed by atoms with Crippen LogP contribution in [0.25, 0.3) is 0 Å². The Balaban J connectivity index is 1.41. The molecule has 2 bridgehead atoms. The van der Waals surface area contributed by atoms with Crippen molar-refractivity contribution in [1.29, 1.82) is 0 Å². The molecule has 8 unspecified atom stereocenters. The van der Waals surface area contributed by atoms with Gasteiger partial charge in [-0.05, 0) is 49.1 Å². The second kappa shape index (κ2) is 11.7. The Morgan fingerprint density at radius 3 is 2.74 bits per heavy atom. The summed E-state index contributed by atoms with van der Waals surface area (Å²) < 4.78 is 6.50. The number of ether oxygens (including phenoxy) is 1. The highest BCUT2D eigenvalue weighted by Crippen LogP contribution is 2.55. The summed E-state index contributed by atoms with van der Waals surface area (Å²) in [6.07, 6.45) is 12.5. The first-order chi connectivity index (χ1) is 18.8. The molecule has 1 aromatic rings. The number of rotatable bonds is 10. The van der Waals surface area contributed by atoms with Crippen LogP contribution < -0.4 is 10.6 Å². The third-order valence-corrected chi connectivity index (χ3v) is 10.3. The van der Waals surface area contributed by atoms with Gasteiger partial charge in [0.15, 0.2) is 0 Å². The van der Waals surface area contributed by atoms with Crippen LogP contribution in [0.2, 0.25) is 0 Å². The summed E-state index contributed by atoms with van der Waals surface area (Å²) in [5.41, 5.74) is -0.410. The van der Waals surface area contributed by atoms with Gasteiger partial charge >= 0.3 is 0 Å². The zero-order chi connectivity index (χ0) is 27.7. The van der Waals surface area contributed by atoms with Crippen molar-refractivity contribution < 1.29 is 19.1 Å². The Morgan fingerprint density at radius 1 is 1.15 bits per heavy atom. The fourth-order valence-corrected chi connectivity index (χ4v) is 7.65. The van der Waals surface area contributed by atoms with Crippen molar-refractivity contribution in [3.8, 4) is 0 Å². The normalized spacial score (nSPS) is 34.8. The van der Waals surface area contributed by atoms with Crippen molar-refractivity contribution in [3.05, 3.63) is 36.4 Å². The third-order valence-electron chi connectivity index (χ3n) is 9.55. The molecule has 0 radical (unpaired) electrons. The van der Waals surface area contributed by atoms with E-state index in [0.717, 1.165) is 43.4 Å². The zero-order valence-corrected chi connectivity index (χ0v) is 24.5. The predicted octanol–water partition coefficient (Wildman–Crippen LogP) is 5.02. The minimum absolute atomic E-state index is 0.0825. The number of amides is 3. The molecule has 3 heterocycles. The lowest BCUT2D eigenvalue weighted by atomic mass is 9.73. The molecule has 39 heavy (non-hydrogen) atoms. The van der Waals surface area contributed by atoms with Crippen molar-refractivity contribution in [2.24, 2.45) is 23.7 Å². The number of hydrogen-bond donors (Lipinski definition) is 2. The van der Waals surface area contributed by atoms with E-state index >= 15 is 0 Å². The van der Waals surface area contributed by atoms with Gasteiger partial charge in [-0.1, -0.05) is 71.1 Å². The van der Waals surface area contributed by atoms with Gasteiger partial charge in [0.2, 0.25) is 17.7 Å². The molecule has 212 valence electrons. The smallest absolute Gasteiger partial charge is 0.246 e. The highest BCUT2D eigenvalue weighted by molar-refractivity contribution is 7.98. The summed E-state index contributed by atoms with van der Waals surface area (Å²) in [5, 5.41) is 6.36. The average molecular weight is 554 g/mol. The highest BCUT2D eigenvalue weighted by atomic mass is 32.2. The maximum atomic E-state index is 14.1. The first-order valence-corrected chi connectivity index (χ1v) is 16.0. The molecule has 3 aliphatic heterocycles. The summed E-state index contributed by atoms with van der Waals surface area (Å²) in [5.74, 6) is -0.983. The molecule has 1 spiro atoms. The monoisotopic (exact) mass is 553 g/mol. The summed E-state index contributed by atoms with van der Waals surface area (Å²) >= 11 is 1.61. The number of hydrogen-bond acceptors (Lipinski definition) is 5. The van der Waals surface area contributed by atoms with Crippen molar-refractivity contribution in [2.45, 2.75) is 94.4 Å². The van der Waals surface area contributed by atoms with Gasteiger partial charge in [0.25, 0.3) is 0 Å². The maximum absolute atomic E-state index is 14.1. The maximum Gasteiger partial charge on any atom is 0.246 e. The fraction of sp³-hybridized carbons (Fsp3) is 0.645. The number of benzene rings is 1. The van der Waals surface area contributed by atoms with Crippen molar-refractivity contribution in [1.82, 2.24) is 10.2 Å². The number of carbonyl (C=O) groups excluding carboxylic acids is 3. The molecule has 2 saturated heterocycles. The van der Waals surface area contributed by atoms with E-state index in [-0.39, 0.29) is 23.8 Å². The number of nitrogens with one attached hydrogen (secondary N) is 2. The van der Waals surface area contributed by atoms with Crippen LogP contribution >= 0.6 is 11.8 Å². The molecule has 7 nitrogen and oxygen atoms in total. The molecule has 3 fully saturated rings. The second-order valence-electron chi connectivity index (χ2n) is 11.9. The van der Waals surface area contributed by atoms with E-state index in [4.69, 9.17) is 4.74 Å². The molecule has 5 rings (SSSR count). The van der Waals surface area contributed by atoms with Crippen LogP contribution in [0.4, 0.5) is 5.69 Å². The molecule has 1 saturated carbocycles. The number of anilines is 1. The summed E-state index contributed by atoms with van der Waals surface area (Å²) in [7, 11) is 0. The Hall–Kier alpha value is -2.32. The fourth-order valence-electron chi connectivity index (χ4n) is 7.19. The number of likely N-dealkylation sites (tertiary alicyclic amines) is 1. The summed E-state index contributed by atoms with van der Waals surface area (Å²) in [4.78, 5) is 44.6. The van der Waals surface area contributed by atoms with E-state index in [1.807, 2.05) is 42.7 Å². The average Bonchev–Trinajstić information content (AvgIpc) is 3.56. The molecular formula is C31H43N3O4S. The van der Waals surface area contributed by atoms with Crippen LogP contribution in [0.15, 0.2) is 41.3 Å². The van der Waals surface area contributed by atoms with E-state index < -0.39 is 29.6 Å². The van der Waals surface area contributed by atoms with Gasteiger partial charge in [-0.25, -0.2) is 0 Å². The second-order valence-corrected chi connectivity index (χ2v) is 12.8. The predicted molar refractivity (Wildman–Crippen MR) is 154 cm³/mol. The van der Waals surface area contributed by atoms with Crippen molar-refractivity contribution in [2.75, 3.05) is 18.1 Å². The van der Waals surface area contributed by atoms with E-state index in [9.17, 15) is 14.4 Å². The van der Waals surface area contributed by atoms with E-state index in [2.05, 4.69) is 31.4 Å². The van der Waals surface area contributed by atoms with Crippen LogP contribution in [-0.4, -0.2) is 59.2 Å². The van der Waals surface area contributed by atoms with Gasteiger partial charge in [0.1, 0.15) is 11.6 Å². The van der Waals surface area contributed by atoms with Gasteiger partial charge in [0, 0.05) is 23.2 Å². The SMILES string of the molecule is CCCCCCN1C(=O)C2C(C(=O)Nc3cccc(SC)c3)C3C=CC2(O3)C1C(=O)NC1CCCC(C)C1C. The van der Waals surface area contributed by atoms with Crippen LogP contribution in [0.1, 0.15) is 65.7 Å². The topological polar surface area (TPSA) is 87.7 Å². The molecule has 4 aliphatic rings. The summed E-state index contributed by atoms with van der Waals surface area (Å²) in [6.45, 7) is 7.11. The molecule has 1 aliphatic carbocycles. The highest BCUT2D eigenvalue weighted by Gasteiger charge is 2.72. The number of thioether (sulfide) groups is 1. The van der Waals surface area contributed by atoms with Crippen molar-refractivity contribution >= 4 is 35.2 Å². The lowest BCUT2D eigenvalue weighted by Crippen LogP contribution is -2.58. The van der Waals surface area contributed by atoms with Gasteiger partial charge in [-0.15, -0.1) is 11.8 Å². The van der Waals surface area contributed by atoms with Crippen molar-refractivity contribution in [3.63, 3.8) is 0 Å². The molecule has 0 aromatic heterocycles. The van der Waals surface area contributed by atoms with E-state index in [0.29, 0.717) is 24.1 Å². The Kier molecular flexibility index (Phi) is 8.43. The van der Waals surface area contributed by atoms with Gasteiger partial charge in [0.05, 0.1) is 17.9 Å². The molecule has 3 amide bonds. The minimum Gasteiger partial charge on any atom is -0.359 e. The number of nitrogens with zero attached hydrogens (tertiary/aromatic N) is 1. The standard InChI is InChI=1S/C31H43N3O4S/c1-5-6-7-8-17-34-27(29(36)33-23-14-9-11-19(2)20(23)3)31-16-15-24(38-31)25(26(31)30(34)37)28(35)32-21-12-10-13-22(18-21)39-4/h10,12-13,15-16,18-20,23-27H,5-9,11,14,17H2,1-4H3,(H,32,35)(H,33,36). The van der Waals surface area contributed by atoms with Crippen LogP contribution in [0.5, 0.6) is 0 Å². The molecular weight excluding hydrogens is 510 g/mol. The van der Waals surface area contributed by atoms with Crippen LogP contribution in [0, 0.1) is 23.7 Å². The zero-order valence-electron chi connectivity index (χ0n) is 23.7. The molecule has 8 heteroatoms. The lowest BCUT2D eigenvalue weighted by Gasteiger charge is -2.38. The Labute approximate surface area is 236 Å². The lowest BCUT2D eigenvalue weighted by molar-refractivity contribution is -0.141. The Bertz CT molecular complexity index is 1120. The first kappa shape index (κ1) is 28.2. The summed E-state index contributed by atoms with van der Waals surface area (Å²) in [6, 6.07) is 7.01. The molecule has 8 atom stereocenters. The third kappa shape index (κ3) is 5.15. The minimum atomic E-state index is -1.11. The van der Waals surface area contributed by atoms with E-state index in [1.54, 1.807) is 16.7 Å². The molecule has 2 N–H and O–H groups in total. The van der Waals surface area contributed by atoms with Gasteiger partial charge in [-0.2, -0.15) is 0 Å². The Morgan fingerprint density at radius 2 is 1.97 bits per heavy atom. The van der Waals surface area contributed by atoms with Gasteiger partial charge < -0.3 is 20.3 Å². The molecule has 1 aromatic carbocycles. The van der Waals surface area contributed by atoms with Crippen LogP contribution in [0.3, 0.4) is 0 Å². The largest absolute Gasteiger partial charge is 0.359 e. The first-order valence-electron chi connectivity index (χ1n) is 14.7. The van der Waals surface area contributed by atoms with Crippen LogP contribution in [-0.2, 0) is 19.1 Å².